The molecule has 1 aromatic rings. The van der Waals surface area contributed by atoms with Crippen LogP contribution in [0.25, 0.3) is 0 Å². The molecule has 1 heterocycles. The smallest absolute Gasteiger partial charge is 0.151 e. The molecule has 1 rings (SSSR count). The van der Waals surface area contributed by atoms with E-state index in [9.17, 15) is 8.42 Å². The number of aryl methyl sites for hydroxylation is 1. The van der Waals surface area contributed by atoms with Gasteiger partial charge in [0.25, 0.3) is 0 Å². The lowest BCUT2D eigenvalue weighted by Gasteiger charge is -2.01. The number of aromatic nitrogens is 1. The first kappa shape index (κ1) is 11.1. The van der Waals surface area contributed by atoms with Crippen LogP contribution in [0.4, 0.5) is 0 Å². The highest BCUT2D eigenvalue weighted by Crippen LogP contribution is 2.00. The van der Waals surface area contributed by atoms with Crippen molar-refractivity contribution in [2.45, 2.75) is 6.42 Å². The number of sulfone groups is 1. The molecule has 0 unspecified atom stereocenters. The summed E-state index contributed by atoms with van der Waals surface area (Å²) in [4.78, 5) is 3.91. The second-order valence-corrected chi connectivity index (χ2v) is 5.36. The maximum absolute atomic E-state index is 11.3. The molecular weight excluding hydrogens is 200 g/mol. The van der Waals surface area contributed by atoms with Crippen LogP contribution in [0.1, 0.15) is 5.56 Å². The quantitative estimate of drug-likeness (QED) is 0.748. The minimum atomic E-state index is -2.98. The molecule has 0 aliphatic carbocycles. The summed E-state index contributed by atoms with van der Waals surface area (Å²) >= 11 is 0. The average molecular weight is 214 g/mol. The topological polar surface area (TPSA) is 73.1 Å². The Hall–Kier alpha value is -0.940. The van der Waals surface area contributed by atoms with Crippen LogP contribution >= 0.6 is 0 Å². The predicted octanol–water partition coefficient (Wildman–Crippen LogP) is -0.00240. The van der Waals surface area contributed by atoms with Crippen molar-refractivity contribution in [1.29, 1.82) is 0 Å². The normalized spacial score (nSPS) is 11.5. The molecule has 0 amide bonds. The van der Waals surface area contributed by atoms with Gasteiger partial charge in [0.15, 0.2) is 9.84 Å². The first-order valence-corrected chi connectivity index (χ1v) is 6.25. The standard InChI is InChI=1S/C9H14N2O2S/c10-4-7-14(12,13)6-3-9-2-1-5-11-8-9/h1-2,5,8H,3-4,6-7,10H2. The third-order valence-electron chi connectivity index (χ3n) is 1.85. The summed E-state index contributed by atoms with van der Waals surface area (Å²) in [5.74, 6) is 0.211. The molecular formula is C9H14N2O2S. The lowest BCUT2D eigenvalue weighted by molar-refractivity contribution is 0.595. The molecule has 1 aromatic heterocycles. The van der Waals surface area contributed by atoms with E-state index in [1.165, 1.54) is 0 Å². The highest BCUT2D eigenvalue weighted by Gasteiger charge is 2.09. The van der Waals surface area contributed by atoms with Gasteiger partial charge in [-0.05, 0) is 18.1 Å². The molecule has 0 atom stereocenters. The fourth-order valence-electron chi connectivity index (χ4n) is 1.10. The van der Waals surface area contributed by atoms with E-state index in [2.05, 4.69) is 4.98 Å². The first-order chi connectivity index (χ1) is 6.64. The largest absolute Gasteiger partial charge is 0.329 e. The summed E-state index contributed by atoms with van der Waals surface area (Å²) in [5, 5.41) is 0. The van der Waals surface area contributed by atoms with Gasteiger partial charge in [0.1, 0.15) is 0 Å². The van der Waals surface area contributed by atoms with Gasteiger partial charge in [-0.1, -0.05) is 6.07 Å². The van der Waals surface area contributed by atoms with Crippen molar-refractivity contribution in [3.63, 3.8) is 0 Å². The summed E-state index contributed by atoms with van der Waals surface area (Å²) in [5.41, 5.74) is 6.13. The third kappa shape index (κ3) is 3.85. The Labute approximate surface area is 84.1 Å². The lowest BCUT2D eigenvalue weighted by atomic mass is 10.2. The van der Waals surface area contributed by atoms with Crippen molar-refractivity contribution < 1.29 is 8.42 Å². The minimum absolute atomic E-state index is 0.0628. The molecule has 0 aromatic carbocycles. The van der Waals surface area contributed by atoms with Crippen molar-refractivity contribution in [2.24, 2.45) is 5.73 Å². The molecule has 0 saturated heterocycles. The van der Waals surface area contributed by atoms with Crippen LogP contribution in [0.3, 0.4) is 0 Å². The Balaban J connectivity index is 2.49. The summed E-state index contributed by atoms with van der Waals surface area (Å²) in [6, 6.07) is 3.66. The maximum atomic E-state index is 11.3. The van der Waals surface area contributed by atoms with Gasteiger partial charge >= 0.3 is 0 Å². The molecule has 0 spiro atoms. The second-order valence-electron chi connectivity index (χ2n) is 3.05. The van der Waals surface area contributed by atoms with Gasteiger partial charge in [0, 0.05) is 18.9 Å². The molecule has 5 heteroatoms. The van der Waals surface area contributed by atoms with Crippen LogP contribution in [0.15, 0.2) is 24.5 Å². The summed E-state index contributed by atoms with van der Waals surface area (Å²) in [7, 11) is -2.98. The molecule has 14 heavy (non-hydrogen) atoms. The number of nitrogens with two attached hydrogens (primary N) is 1. The SMILES string of the molecule is NCCS(=O)(=O)CCc1cccnc1. The molecule has 4 nitrogen and oxygen atoms in total. The number of pyridine rings is 1. The van der Waals surface area contributed by atoms with Crippen LogP contribution in [0.2, 0.25) is 0 Å². The van der Waals surface area contributed by atoms with Crippen LogP contribution in [0.5, 0.6) is 0 Å². The zero-order valence-electron chi connectivity index (χ0n) is 7.89. The van der Waals surface area contributed by atoms with Crippen molar-refractivity contribution >= 4 is 9.84 Å². The molecule has 0 radical (unpaired) electrons. The Morgan fingerprint density at radius 2 is 2.14 bits per heavy atom. The number of rotatable bonds is 5. The van der Waals surface area contributed by atoms with Gasteiger partial charge in [0.2, 0.25) is 0 Å². The van der Waals surface area contributed by atoms with Crippen LogP contribution in [-0.2, 0) is 16.3 Å². The average Bonchev–Trinajstić information content (AvgIpc) is 2.17. The van der Waals surface area contributed by atoms with Gasteiger partial charge in [-0.3, -0.25) is 4.98 Å². The summed E-state index contributed by atoms with van der Waals surface area (Å²) in [6.07, 6.45) is 3.85. The van der Waals surface area contributed by atoms with E-state index < -0.39 is 9.84 Å². The van der Waals surface area contributed by atoms with Crippen LogP contribution in [0, 0.1) is 0 Å². The van der Waals surface area contributed by atoms with E-state index in [1.807, 2.05) is 6.07 Å². The van der Waals surface area contributed by atoms with Crippen molar-refractivity contribution in [3.05, 3.63) is 30.1 Å². The number of hydrogen-bond acceptors (Lipinski definition) is 4. The molecule has 0 aliphatic rings. The lowest BCUT2D eigenvalue weighted by Crippen LogP contribution is -2.19. The van der Waals surface area contributed by atoms with E-state index in [-0.39, 0.29) is 18.1 Å². The molecule has 0 aliphatic heterocycles. The Morgan fingerprint density at radius 3 is 2.71 bits per heavy atom. The van der Waals surface area contributed by atoms with Crippen molar-refractivity contribution in [1.82, 2.24) is 4.98 Å². The molecule has 0 saturated carbocycles. The monoisotopic (exact) mass is 214 g/mol. The van der Waals surface area contributed by atoms with Gasteiger partial charge in [-0.25, -0.2) is 8.42 Å². The minimum Gasteiger partial charge on any atom is -0.329 e. The predicted molar refractivity (Wildman–Crippen MR) is 55.6 cm³/mol. The Morgan fingerprint density at radius 1 is 1.36 bits per heavy atom. The highest BCUT2D eigenvalue weighted by molar-refractivity contribution is 7.91. The second kappa shape index (κ2) is 5.07. The van der Waals surface area contributed by atoms with E-state index in [0.717, 1.165) is 5.56 Å². The van der Waals surface area contributed by atoms with Gasteiger partial charge in [-0.15, -0.1) is 0 Å². The number of nitrogens with zero attached hydrogens (tertiary/aromatic N) is 1. The third-order valence-corrected chi connectivity index (χ3v) is 3.54. The Bertz CT molecular complexity index is 362. The Kier molecular flexibility index (Phi) is 4.03. The summed E-state index contributed by atoms with van der Waals surface area (Å²) in [6.45, 7) is 0.190. The maximum Gasteiger partial charge on any atom is 0.151 e. The zero-order chi connectivity index (χ0) is 10.4. The van der Waals surface area contributed by atoms with Gasteiger partial charge < -0.3 is 5.73 Å². The summed E-state index contributed by atoms with van der Waals surface area (Å²) < 4.78 is 22.6. The fraction of sp³-hybridized carbons (Fsp3) is 0.444. The molecule has 0 fully saturated rings. The van der Waals surface area contributed by atoms with Crippen LogP contribution in [-0.4, -0.2) is 31.5 Å². The van der Waals surface area contributed by atoms with Crippen molar-refractivity contribution in [3.8, 4) is 0 Å². The zero-order valence-corrected chi connectivity index (χ0v) is 8.70. The van der Waals surface area contributed by atoms with E-state index in [1.54, 1.807) is 18.5 Å². The van der Waals surface area contributed by atoms with Gasteiger partial charge in [0.05, 0.1) is 11.5 Å². The van der Waals surface area contributed by atoms with Crippen molar-refractivity contribution in [2.75, 3.05) is 18.1 Å². The van der Waals surface area contributed by atoms with E-state index >= 15 is 0 Å². The molecule has 2 N–H and O–H groups in total. The molecule has 0 bridgehead atoms. The fourth-order valence-corrected chi connectivity index (χ4v) is 2.21. The van der Waals surface area contributed by atoms with E-state index in [4.69, 9.17) is 5.73 Å². The molecule has 78 valence electrons. The number of hydrogen-bond donors (Lipinski definition) is 1. The highest BCUT2D eigenvalue weighted by atomic mass is 32.2. The van der Waals surface area contributed by atoms with Crippen LogP contribution < -0.4 is 5.73 Å². The van der Waals surface area contributed by atoms with E-state index in [0.29, 0.717) is 6.42 Å². The first-order valence-electron chi connectivity index (χ1n) is 4.43. The van der Waals surface area contributed by atoms with Gasteiger partial charge in [-0.2, -0.15) is 0 Å².